The molecule has 0 aliphatic rings. The van der Waals surface area contributed by atoms with Crippen LogP contribution in [0.3, 0.4) is 0 Å². The summed E-state index contributed by atoms with van der Waals surface area (Å²) in [5, 5.41) is 0.0639. The fourth-order valence-corrected chi connectivity index (χ4v) is 4.53. The number of methoxy groups -OCH3 is 1. The van der Waals surface area contributed by atoms with Gasteiger partial charge in [0.05, 0.1) is 13.5 Å². The summed E-state index contributed by atoms with van der Waals surface area (Å²) < 4.78 is 4.62. The molecule has 4 nitrogen and oxygen atoms in total. The Hall–Kier alpha value is -2.31. The second-order valence-corrected chi connectivity index (χ2v) is 8.51. The third kappa shape index (κ3) is 8.71. The molecular weight excluding hydrogens is 404 g/mol. The molecule has 0 aliphatic heterocycles. The first-order valence-corrected chi connectivity index (χ1v) is 11.2. The topological polar surface area (TPSA) is 60.4 Å². The highest BCUT2D eigenvalue weighted by Crippen LogP contribution is 2.26. The predicted octanol–water partition coefficient (Wildman–Crippen LogP) is 5.40. The van der Waals surface area contributed by atoms with Gasteiger partial charge in [0.15, 0.2) is 0 Å². The Morgan fingerprint density at radius 3 is 2.07 bits per heavy atom. The number of ether oxygens (including phenoxy) is 1. The van der Waals surface area contributed by atoms with Crippen LogP contribution in [0.25, 0.3) is 0 Å². The number of benzene rings is 2. The van der Waals surface area contributed by atoms with Crippen molar-refractivity contribution in [2.75, 3.05) is 12.9 Å². The van der Waals surface area contributed by atoms with E-state index in [-0.39, 0.29) is 27.9 Å². The lowest BCUT2D eigenvalue weighted by molar-refractivity contribution is -0.139. The maximum absolute atomic E-state index is 12.6. The summed E-state index contributed by atoms with van der Waals surface area (Å²) >= 11 is 2.55. The van der Waals surface area contributed by atoms with E-state index < -0.39 is 0 Å². The van der Waals surface area contributed by atoms with Gasteiger partial charge in [-0.05, 0) is 12.8 Å². The van der Waals surface area contributed by atoms with E-state index in [0.29, 0.717) is 29.7 Å². The van der Waals surface area contributed by atoms with Crippen LogP contribution in [-0.2, 0) is 9.53 Å². The van der Waals surface area contributed by atoms with Gasteiger partial charge in [0.25, 0.3) is 0 Å². The normalized spacial score (nSPS) is 11.9. The Balaban J connectivity index is 1.91. The maximum Gasteiger partial charge on any atom is 0.309 e. The van der Waals surface area contributed by atoms with Gasteiger partial charge in [-0.15, -0.1) is 0 Å². The highest BCUT2D eigenvalue weighted by Gasteiger charge is 2.16. The summed E-state index contributed by atoms with van der Waals surface area (Å²) in [5.74, 6) is 0.327. The summed E-state index contributed by atoms with van der Waals surface area (Å²) in [6.07, 6.45) is 5.21. The standard InChI is InChI=1S/C23H24O4S2/c1-27-21(24)15-9-8-14-20(29-23(26)19-12-6-3-7-13-19)16-17-28-22(25)18-10-4-2-5-11-18/h2-13,20H,14-17H2,1H3/b9-8-. The molecule has 0 fully saturated rings. The zero-order valence-corrected chi connectivity index (χ0v) is 17.9. The number of carbonyl (C=O) groups excluding carboxylic acids is 3. The van der Waals surface area contributed by atoms with Crippen LogP contribution in [0.5, 0.6) is 0 Å². The van der Waals surface area contributed by atoms with E-state index in [4.69, 9.17) is 0 Å². The Morgan fingerprint density at radius 2 is 1.48 bits per heavy atom. The molecule has 29 heavy (non-hydrogen) atoms. The predicted molar refractivity (Wildman–Crippen MR) is 120 cm³/mol. The van der Waals surface area contributed by atoms with E-state index in [9.17, 15) is 14.4 Å². The van der Waals surface area contributed by atoms with Crippen molar-refractivity contribution in [3.8, 4) is 0 Å². The molecular formula is C23H24O4S2. The van der Waals surface area contributed by atoms with Crippen molar-refractivity contribution in [2.45, 2.75) is 24.5 Å². The van der Waals surface area contributed by atoms with Crippen LogP contribution in [0.4, 0.5) is 0 Å². The lowest BCUT2D eigenvalue weighted by Crippen LogP contribution is -2.09. The molecule has 0 radical (unpaired) electrons. The number of rotatable bonds is 10. The second-order valence-electron chi connectivity index (χ2n) is 6.17. The highest BCUT2D eigenvalue weighted by atomic mass is 32.2. The Bertz CT molecular complexity index is 819. The number of carbonyl (C=O) groups is 3. The van der Waals surface area contributed by atoms with Gasteiger partial charge in [-0.2, -0.15) is 0 Å². The van der Waals surface area contributed by atoms with Crippen LogP contribution in [0.2, 0.25) is 0 Å². The van der Waals surface area contributed by atoms with E-state index >= 15 is 0 Å². The molecule has 0 saturated heterocycles. The summed E-state index contributed by atoms with van der Waals surface area (Å²) in [7, 11) is 1.36. The fraction of sp³-hybridized carbons (Fsp3) is 0.261. The van der Waals surface area contributed by atoms with E-state index in [0.717, 1.165) is 0 Å². The molecule has 2 rings (SSSR count). The Kier molecular flexibility index (Phi) is 10.3. The number of thioether (sulfide) groups is 2. The number of hydrogen-bond donors (Lipinski definition) is 0. The average Bonchev–Trinajstić information content (AvgIpc) is 2.77. The zero-order chi connectivity index (χ0) is 20.9. The zero-order valence-electron chi connectivity index (χ0n) is 16.3. The third-order valence-corrected chi connectivity index (χ3v) is 6.19. The van der Waals surface area contributed by atoms with Crippen LogP contribution < -0.4 is 0 Å². The lowest BCUT2D eigenvalue weighted by atomic mass is 10.2. The van der Waals surface area contributed by atoms with E-state index in [1.807, 2.05) is 42.5 Å². The average molecular weight is 429 g/mol. The van der Waals surface area contributed by atoms with Crippen molar-refractivity contribution in [1.82, 2.24) is 0 Å². The van der Waals surface area contributed by atoms with Crippen LogP contribution in [0.15, 0.2) is 72.8 Å². The Labute approximate surface area is 180 Å². The van der Waals surface area contributed by atoms with Crippen molar-refractivity contribution >= 4 is 39.7 Å². The van der Waals surface area contributed by atoms with Crippen LogP contribution in [-0.4, -0.2) is 34.3 Å². The van der Waals surface area contributed by atoms with Gasteiger partial charge in [-0.25, -0.2) is 0 Å². The van der Waals surface area contributed by atoms with Crippen LogP contribution in [0.1, 0.15) is 40.0 Å². The van der Waals surface area contributed by atoms with Gasteiger partial charge in [-0.1, -0.05) is 96.3 Å². The summed E-state index contributed by atoms with van der Waals surface area (Å²) in [5.41, 5.74) is 1.34. The fourth-order valence-electron chi connectivity index (χ4n) is 2.47. The molecule has 2 aromatic rings. The monoisotopic (exact) mass is 428 g/mol. The second kappa shape index (κ2) is 13.0. The number of hydrogen-bond acceptors (Lipinski definition) is 6. The first-order valence-electron chi connectivity index (χ1n) is 9.30. The van der Waals surface area contributed by atoms with Crippen LogP contribution >= 0.6 is 23.5 Å². The minimum Gasteiger partial charge on any atom is -0.469 e. The molecule has 0 N–H and O–H groups in total. The highest BCUT2D eigenvalue weighted by molar-refractivity contribution is 8.15. The quantitative estimate of drug-likeness (QED) is 0.373. The molecule has 0 spiro atoms. The summed E-state index contributed by atoms with van der Waals surface area (Å²) in [6, 6.07) is 18.3. The molecule has 2 aromatic carbocycles. The van der Waals surface area contributed by atoms with E-state index in [1.165, 1.54) is 30.6 Å². The molecule has 0 heterocycles. The SMILES string of the molecule is COC(=O)C/C=C\CC(CCSC(=O)c1ccccc1)SC(=O)c1ccccc1. The van der Waals surface area contributed by atoms with E-state index in [1.54, 1.807) is 30.3 Å². The molecule has 0 saturated carbocycles. The first kappa shape index (κ1) is 23.0. The van der Waals surface area contributed by atoms with Crippen molar-refractivity contribution in [1.29, 1.82) is 0 Å². The van der Waals surface area contributed by atoms with Crippen molar-refractivity contribution in [3.63, 3.8) is 0 Å². The van der Waals surface area contributed by atoms with Crippen molar-refractivity contribution in [3.05, 3.63) is 83.9 Å². The molecule has 0 amide bonds. The molecule has 0 bridgehead atoms. The van der Waals surface area contributed by atoms with Gasteiger partial charge in [0, 0.05) is 22.1 Å². The van der Waals surface area contributed by atoms with Crippen molar-refractivity contribution in [2.24, 2.45) is 0 Å². The van der Waals surface area contributed by atoms with E-state index in [2.05, 4.69) is 4.74 Å². The largest absolute Gasteiger partial charge is 0.469 e. The van der Waals surface area contributed by atoms with Gasteiger partial charge >= 0.3 is 5.97 Å². The smallest absolute Gasteiger partial charge is 0.309 e. The number of allylic oxidation sites excluding steroid dienone is 1. The summed E-state index contributed by atoms with van der Waals surface area (Å²) in [4.78, 5) is 36.0. The van der Waals surface area contributed by atoms with Crippen molar-refractivity contribution < 1.29 is 19.1 Å². The Morgan fingerprint density at radius 1 is 0.897 bits per heavy atom. The molecule has 1 unspecified atom stereocenters. The maximum atomic E-state index is 12.6. The molecule has 0 aromatic heterocycles. The molecule has 1 atom stereocenters. The van der Waals surface area contributed by atoms with Crippen LogP contribution in [0, 0.1) is 0 Å². The molecule has 6 heteroatoms. The first-order chi connectivity index (χ1) is 14.1. The minimum absolute atomic E-state index is 0.0105. The molecule has 152 valence electrons. The third-order valence-electron chi connectivity index (χ3n) is 4.04. The minimum atomic E-state index is -0.296. The van der Waals surface area contributed by atoms with Gasteiger partial charge < -0.3 is 4.74 Å². The van der Waals surface area contributed by atoms with Gasteiger partial charge in [0.1, 0.15) is 0 Å². The molecule has 0 aliphatic carbocycles. The van der Waals surface area contributed by atoms with Gasteiger partial charge in [0.2, 0.25) is 10.2 Å². The number of esters is 1. The summed E-state index contributed by atoms with van der Waals surface area (Å²) in [6.45, 7) is 0. The lowest BCUT2D eigenvalue weighted by Gasteiger charge is -2.13. The van der Waals surface area contributed by atoms with Gasteiger partial charge in [-0.3, -0.25) is 14.4 Å².